The van der Waals surface area contributed by atoms with E-state index in [1.807, 2.05) is 24.3 Å². The number of esters is 1. The summed E-state index contributed by atoms with van der Waals surface area (Å²) in [4.78, 5) is 16.0. The van der Waals surface area contributed by atoms with Gasteiger partial charge in [-0.25, -0.2) is 14.2 Å². The highest BCUT2D eigenvalue weighted by Crippen LogP contribution is 2.22. The van der Waals surface area contributed by atoms with Crippen LogP contribution >= 0.6 is 11.3 Å². The van der Waals surface area contributed by atoms with E-state index in [-0.39, 0.29) is 12.4 Å². The molecule has 0 aliphatic heterocycles. The Labute approximate surface area is 130 Å². The van der Waals surface area contributed by atoms with Gasteiger partial charge < -0.3 is 4.74 Å². The van der Waals surface area contributed by atoms with Gasteiger partial charge in [-0.3, -0.25) is 0 Å². The normalized spacial score (nSPS) is 11.1. The molecule has 3 aromatic rings. The Morgan fingerprint density at radius 2 is 2.09 bits per heavy atom. The summed E-state index contributed by atoms with van der Waals surface area (Å²) in [5.74, 6) is -0.825. The van der Waals surface area contributed by atoms with E-state index in [1.54, 1.807) is 12.1 Å². The van der Waals surface area contributed by atoms with Crippen LogP contribution in [0.3, 0.4) is 0 Å². The SMILES string of the molecule is O=C(/C=C/c1cccc(F)c1)OCc1nc2ccccc2s1. The first kappa shape index (κ1) is 14.4. The van der Waals surface area contributed by atoms with Gasteiger partial charge >= 0.3 is 5.97 Å². The number of thiazole rings is 1. The number of rotatable bonds is 4. The Bertz CT molecular complexity index is 808. The number of hydrogen-bond donors (Lipinski definition) is 0. The third-order valence-corrected chi connectivity index (χ3v) is 3.95. The van der Waals surface area contributed by atoms with Crippen molar-refractivity contribution in [2.45, 2.75) is 6.61 Å². The molecule has 0 saturated carbocycles. The van der Waals surface area contributed by atoms with Crippen molar-refractivity contribution in [2.75, 3.05) is 0 Å². The summed E-state index contributed by atoms with van der Waals surface area (Å²) in [6, 6.07) is 13.7. The highest BCUT2D eigenvalue weighted by molar-refractivity contribution is 7.18. The fourth-order valence-electron chi connectivity index (χ4n) is 1.94. The van der Waals surface area contributed by atoms with E-state index in [2.05, 4.69) is 4.98 Å². The third-order valence-electron chi connectivity index (χ3n) is 2.94. The number of hydrogen-bond acceptors (Lipinski definition) is 4. The highest BCUT2D eigenvalue weighted by Gasteiger charge is 2.05. The van der Waals surface area contributed by atoms with Crippen LogP contribution in [-0.2, 0) is 16.1 Å². The predicted molar refractivity (Wildman–Crippen MR) is 84.9 cm³/mol. The molecule has 0 radical (unpaired) electrons. The summed E-state index contributed by atoms with van der Waals surface area (Å²) in [7, 11) is 0. The molecule has 0 aliphatic rings. The molecule has 2 aromatic carbocycles. The lowest BCUT2D eigenvalue weighted by Crippen LogP contribution is -2.00. The standard InChI is InChI=1S/C17H12FNO2S/c18-13-5-3-4-12(10-13)8-9-17(20)21-11-16-19-14-6-1-2-7-15(14)22-16/h1-10H,11H2/b9-8+. The lowest BCUT2D eigenvalue weighted by Gasteiger charge is -1.98. The number of benzene rings is 2. The number of aromatic nitrogens is 1. The Morgan fingerprint density at radius 1 is 1.23 bits per heavy atom. The molecule has 110 valence electrons. The van der Waals surface area contributed by atoms with Gasteiger partial charge in [0.25, 0.3) is 0 Å². The van der Waals surface area contributed by atoms with E-state index >= 15 is 0 Å². The topological polar surface area (TPSA) is 39.2 Å². The summed E-state index contributed by atoms with van der Waals surface area (Å²) in [6.07, 6.45) is 2.80. The van der Waals surface area contributed by atoms with Gasteiger partial charge in [-0.1, -0.05) is 24.3 Å². The van der Waals surface area contributed by atoms with E-state index < -0.39 is 5.97 Å². The second-order valence-electron chi connectivity index (χ2n) is 4.57. The molecule has 0 N–H and O–H groups in total. The average Bonchev–Trinajstić information content (AvgIpc) is 2.94. The zero-order valence-electron chi connectivity index (χ0n) is 11.5. The molecule has 5 heteroatoms. The molecule has 0 fully saturated rings. The zero-order chi connectivity index (χ0) is 15.4. The van der Waals surface area contributed by atoms with Crippen LogP contribution in [0, 0.1) is 5.82 Å². The maximum absolute atomic E-state index is 13.0. The largest absolute Gasteiger partial charge is 0.455 e. The van der Waals surface area contributed by atoms with Gasteiger partial charge in [0.15, 0.2) is 0 Å². The van der Waals surface area contributed by atoms with Crippen molar-refractivity contribution in [3.05, 3.63) is 71.0 Å². The second kappa shape index (κ2) is 6.49. The highest BCUT2D eigenvalue weighted by atomic mass is 32.1. The molecular weight excluding hydrogens is 301 g/mol. The van der Waals surface area contributed by atoms with E-state index in [0.29, 0.717) is 5.56 Å². The van der Waals surface area contributed by atoms with Crippen LogP contribution in [0.2, 0.25) is 0 Å². The maximum atomic E-state index is 13.0. The molecular formula is C17H12FNO2S. The van der Waals surface area contributed by atoms with Crippen molar-refractivity contribution < 1.29 is 13.9 Å². The van der Waals surface area contributed by atoms with Crippen molar-refractivity contribution in [1.29, 1.82) is 0 Å². The van der Waals surface area contributed by atoms with Gasteiger partial charge in [0.2, 0.25) is 0 Å². The van der Waals surface area contributed by atoms with Crippen molar-refractivity contribution in [1.82, 2.24) is 4.98 Å². The number of carbonyl (C=O) groups excluding carboxylic acids is 1. The first-order valence-corrected chi connectivity index (χ1v) is 7.47. The molecule has 3 rings (SSSR count). The molecule has 0 amide bonds. The first-order chi connectivity index (χ1) is 10.7. The minimum Gasteiger partial charge on any atom is -0.455 e. The Morgan fingerprint density at radius 3 is 2.91 bits per heavy atom. The summed E-state index contributed by atoms with van der Waals surface area (Å²) in [6.45, 7) is 0.131. The minimum atomic E-state index is -0.483. The van der Waals surface area contributed by atoms with Crippen LogP contribution in [-0.4, -0.2) is 11.0 Å². The van der Waals surface area contributed by atoms with Gasteiger partial charge in [0.1, 0.15) is 17.4 Å². The second-order valence-corrected chi connectivity index (χ2v) is 5.69. The van der Waals surface area contributed by atoms with E-state index in [1.165, 1.54) is 35.6 Å². The number of carbonyl (C=O) groups is 1. The monoisotopic (exact) mass is 313 g/mol. The van der Waals surface area contributed by atoms with Crippen LogP contribution in [0.25, 0.3) is 16.3 Å². The van der Waals surface area contributed by atoms with Crippen molar-refractivity contribution in [2.24, 2.45) is 0 Å². The van der Waals surface area contributed by atoms with Crippen molar-refractivity contribution in [3.63, 3.8) is 0 Å². The first-order valence-electron chi connectivity index (χ1n) is 6.65. The third kappa shape index (κ3) is 3.56. The van der Waals surface area contributed by atoms with E-state index in [4.69, 9.17) is 4.74 Å². The quantitative estimate of drug-likeness (QED) is 0.535. The summed E-state index contributed by atoms with van der Waals surface area (Å²) in [5, 5.41) is 0.744. The molecule has 1 heterocycles. The van der Waals surface area contributed by atoms with Crippen LogP contribution in [0.4, 0.5) is 4.39 Å². The molecule has 3 nitrogen and oxygen atoms in total. The summed E-state index contributed by atoms with van der Waals surface area (Å²) < 4.78 is 19.2. The van der Waals surface area contributed by atoms with Crippen molar-refractivity contribution >= 4 is 33.6 Å². The summed E-state index contributed by atoms with van der Waals surface area (Å²) in [5.41, 5.74) is 1.51. The lowest BCUT2D eigenvalue weighted by molar-refractivity contribution is -0.138. The zero-order valence-corrected chi connectivity index (χ0v) is 12.3. The minimum absolute atomic E-state index is 0.131. The Balaban J connectivity index is 1.60. The predicted octanol–water partition coefficient (Wildman–Crippen LogP) is 4.19. The number of nitrogens with zero attached hydrogens (tertiary/aromatic N) is 1. The average molecular weight is 313 g/mol. The number of fused-ring (bicyclic) bond motifs is 1. The fraction of sp³-hybridized carbons (Fsp3) is 0.0588. The van der Waals surface area contributed by atoms with Gasteiger partial charge in [0.05, 0.1) is 10.2 Å². The van der Waals surface area contributed by atoms with E-state index in [0.717, 1.165) is 15.2 Å². The molecule has 0 atom stereocenters. The smallest absolute Gasteiger partial charge is 0.331 e. The summed E-state index contributed by atoms with van der Waals surface area (Å²) >= 11 is 1.49. The Kier molecular flexibility index (Phi) is 4.25. The van der Waals surface area contributed by atoms with Crippen LogP contribution in [0.15, 0.2) is 54.6 Å². The maximum Gasteiger partial charge on any atom is 0.331 e. The van der Waals surface area contributed by atoms with Gasteiger partial charge in [0, 0.05) is 6.08 Å². The number of para-hydroxylation sites is 1. The Hall–Kier alpha value is -2.53. The molecule has 22 heavy (non-hydrogen) atoms. The molecule has 0 aliphatic carbocycles. The van der Waals surface area contributed by atoms with Crippen molar-refractivity contribution in [3.8, 4) is 0 Å². The molecule has 1 aromatic heterocycles. The number of halogens is 1. The molecule has 0 unspecified atom stereocenters. The van der Waals surface area contributed by atoms with Gasteiger partial charge in [-0.15, -0.1) is 11.3 Å². The van der Waals surface area contributed by atoms with Crippen LogP contribution < -0.4 is 0 Å². The van der Waals surface area contributed by atoms with Crippen LogP contribution in [0.1, 0.15) is 10.6 Å². The molecule has 0 spiro atoms. The van der Waals surface area contributed by atoms with E-state index in [9.17, 15) is 9.18 Å². The van der Waals surface area contributed by atoms with Gasteiger partial charge in [-0.05, 0) is 35.9 Å². The lowest BCUT2D eigenvalue weighted by atomic mass is 10.2. The molecule has 0 saturated heterocycles. The van der Waals surface area contributed by atoms with Gasteiger partial charge in [-0.2, -0.15) is 0 Å². The fourth-order valence-corrected chi connectivity index (χ4v) is 2.82. The number of ether oxygens (including phenoxy) is 1. The molecule has 0 bridgehead atoms. The van der Waals surface area contributed by atoms with Crippen LogP contribution in [0.5, 0.6) is 0 Å².